The van der Waals surface area contributed by atoms with Crippen molar-refractivity contribution in [3.63, 3.8) is 0 Å². The van der Waals surface area contributed by atoms with Gasteiger partial charge in [0.15, 0.2) is 12.2 Å². The summed E-state index contributed by atoms with van der Waals surface area (Å²) in [6.07, 6.45) is 63.8. The minimum Gasteiger partial charge on any atom is -0.462 e. The number of esters is 4. The molecule has 0 rings (SSSR count). The molecule has 0 fully saturated rings. The summed E-state index contributed by atoms with van der Waals surface area (Å²) in [5, 5.41) is 10.7. The van der Waals surface area contributed by atoms with E-state index in [1.807, 2.05) is 0 Å². The lowest BCUT2D eigenvalue weighted by Gasteiger charge is -2.21. The molecule has 0 aromatic carbocycles. The summed E-state index contributed by atoms with van der Waals surface area (Å²) >= 11 is 0. The van der Waals surface area contributed by atoms with Crippen molar-refractivity contribution in [2.75, 3.05) is 39.6 Å². The van der Waals surface area contributed by atoms with Crippen molar-refractivity contribution in [3.8, 4) is 0 Å². The third-order valence-corrected chi connectivity index (χ3v) is 21.9. The van der Waals surface area contributed by atoms with Gasteiger partial charge in [0.1, 0.15) is 19.3 Å². The number of unbranched alkanes of at least 4 members (excludes halogenated alkanes) is 49. The topological polar surface area (TPSA) is 237 Å². The predicted octanol–water partition coefficient (Wildman–Crippen LogP) is 25.3. The van der Waals surface area contributed by atoms with Crippen molar-refractivity contribution >= 4 is 39.5 Å². The fourth-order valence-electron chi connectivity index (χ4n) is 13.0. The molecule has 0 spiro atoms. The van der Waals surface area contributed by atoms with Crippen molar-refractivity contribution in [1.29, 1.82) is 0 Å². The molecule has 0 aliphatic rings. The highest BCUT2D eigenvalue weighted by Crippen LogP contribution is 2.45. The molecule has 0 radical (unpaired) electrons. The van der Waals surface area contributed by atoms with E-state index in [2.05, 4.69) is 48.5 Å². The van der Waals surface area contributed by atoms with Gasteiger partial charge >= 0.3 is 39.5 Å². The molecule has 103 heavy (non-hydrogen) atoms. The molecule has 6 atom stereocenters. The lowest BCUT2D eigenvalue weighted by Crippen LogP contribution is -2.30. The van der Waals surface area contributed by atoms with Crippen molar-refractivity contribution < 1.29 is 80.2 Å². The molecule has 3 unspecified atom stereocenters. The van der Waals surface area contributed by atoms with Crippen LogP contribution in [0.15, 0.2) is 0 Å². The summed E-state index contributed by atoms with van der Waals surface area (Å²) in [6.45, 7) is 12.0. The zero-order chi connectivity index (χ0) is 75.8. The number of carbonyl (C=O) groups is 4. The Bertz CT molecular complexity index is 1990. The van der Waals surface area contributed by atoms with Crippen molar-refractivity contribution in [2.24, 2.45) is 17.8 Å². The summed E-state index contributed by atoms with van der Waals surface area (Å²) < 4.78 is 68.9. The van der Waals surface area contributed by atoms with E-state index in [-0.39, 0.29) is 25.7 Å². The van der Waals surface area contributed by atoms with Crippen LogP contribution in [0.5, 0.6) is 0 Å². The largest absolute Gasteiger partial charge is 0.472 e. The van der Waals surface area contributed by atoms with Crippen LogP contribution in [-0.2, 0) is 65.4 Å². The minimum atomic E-state index is -4.97. The molecule has 0 amide bonds. The Morgan fingerprint density at radius 1 is 0.282 bits per heavy atom. The van der Waals surface area contributed by atoms with Crippen LogP contribution in [0.2, 0.25) is 0 Å². The number of hydrogen-bond donors (Lipinski definition) is 3. The minimum absolute atomic E-state index is 0.106. The second-order valence-electron chi connectivity index (χ2n) is 31.4. The lowest BCUT2D eigenvalue weighted by molar-refractivity contribution is -0.161. The number of ether oxygens (including phenoxy) is 4. The summed E-state index contributed by atoms with van der Waals surface area (Å²) in [5.74, 6) is 0.242. The van der Waals surface area contributed by atoms with E-state index in [1.165, 1.54) is 250 Å². The quantitative estimate of drug-likeness (QED) is 0.0222. The van der Waals surface area contributed by atoms with Gasteiger partial charge in [-0.1, -0.05) is 389 Å². The van der Waals surface area contributed by atoms with Crippen LogP contribution in [0.25, 0.3) is 0 Å². The van der Waals surface area contributed by atoms with Gasteiger partial charge in [-0.2, -0.15) is 0 Å². The maximum atomic E-state index is 13.1. The van der Waals surface area contributed by atoms with E-state index in [0.29, 0.717) is 25.7 Å². The molecule has 19 heteroatoms. The van der Waals surface area contributed by atoms with Crippen LogP contribution in [0.4, 0.5) is 0 Å². The highest BCUT2D eigenvalue weighted by molar-refractivity contribution is 7.47. The van der Waals surface area contributed by atoms with E-state index in [1.54, 1.807) is 0 Å². The highest BCUT2D eigenvalue weighted by atomic mass is 31.2. The highest BCUT2D eigenvalue weighted by Gasteiger charge is 2.30. The second kappa shape index (κ2) is 74.2. The maximum Gasteiger partial charge on any atom is 0.472 e. The standard InChI is InChI=1S/C84H164O17P2/c1-8-10-11-12-13-14-15-16-17-18-19-20-23-27-32-37-46-53-60-67-83(88)100-79(71-94-81(86)65-58-51-44-36-31-26-24-21-22-25-29-34-41-48-55-62-75(3)4)73-98-102(90,91)96-69-78(85)70-97-103(92,93)99-74-80(72-95-82(87)66-59-52-45-40-39-43-50-57-64-77(7)9-2)101-84(89)68-61-54-47-38-33-28-30-35-42-49-56-63-76(5)6/h75-80,85H,8-74H2,1-7H3,(H,90,91)(H,92,93)/t77?,78-,79-,80-/m1/s1. The van der Waals surface area contributed by atoms with Gasteiger partial charge in [-0.05, 0) is 43.4 Å². The van der Waals surface area contributed by atoms with E-state index < -0.39 is 97.5 Å². The summed E-state index contributed by atoms with van der Waals surface area (Å²) in [7, 11) is -9.93. The molecule has 0 saturated carbocycles. The maximum absolute atomic E-state index is 13.1. The molecule has 0 bridgehead atoms. The molecule has 0 aromatic rings. The first kappa shape index (κ1) is 101. The number of aliphatic hydroxyl groups excluding tert-OH is 1. The zero-order valence-electron chi connectivity index (χ0n) is 67.8. The van der Waals surface area contributed by atoms with Gasteiger partial charge < -0.3 is 33.8 Å². The van der Waals surface area contributed by atoms with Crippen LogP contribution in [-0.4, -0.2) is 96.7 Å². The van der Waals surface area contributed by atoms with Crippen molar-refractivity contribution in [1.82, 2.24) is 0 Å². The lowest BCUT2D eigenvalue weighted by atomic mass is 9.99. The SMILES string of the molecule is CCCCCCCCCCCCCCCCCCCCCC(=O)O[C@H](COC(=O)CCCCCCCCCCCCCCCCCC(C)C)COP(=O)(O)OC[C@@H](O)COP(=O)(O)OC[C@@H](COC(=O)CCCCCCCCCCC(C)CC)OC(=O)CCCCCCCCCCCCCC(C)C. The second-order valence-corrected chi connectivity index (χ2v) is 34.3. The van der Waals surface area contributed by atoms with Gasteiger partial charge in [0.05, 0.1) is 26.4 Å². The molecule has 612 valence electrons. The third-order valence-electron chi connectivity index (χ3n) is 20.0. The number of hydrogen-bond acceptors (Lipinski definition) is 15. The first-order valence-electron chi connectivity index (χ1n) is 43.4. The fraction of sp³-hybridized carbons (Fsp3) is 0.952. The Balaban J connectivity index is 5.26. The molecule has 0 saturated heterocycles. The third kappa shape index (κ3) is 76.6. The number of carbonyl (C=O) groups excluding carboxylic acids is 4. The van der Waals surface area contributed by atoms with Crippen molar-refractivity contribution in [3.05, 3.63) is 0 Å². The van der Waals surface area contributed by atoms with E-state index in [4.69, 9.17) is 37.0 Å². The summed E-state index contributed by atoms with van der Waals surface area (Å²) in [6, 6.07) is 0. The first-order valence-corrected chi connectivity index (χ1v) is 46.4. The van der Waals surface area contributed by atoms with Crippen LogP contribution >= 0.6 is 15.6 Å². The van der Waals surface area contributed by atoms with Crippen LogP contribution < -0.4 is 0 Å². The number of phosphoric acid groups is 2. The number of phosphoric ester groups is 2. The van der Waals surface area contributed by atoms with Crippen LogP contribution in [0, 0.1) is 17.8 Å². The van der Waals surface area contributed by atoms with Gasteiger partial charge in [0.25, 0.3) is 0 Å². The van der Waals surface area contributed by atoms with Gasteiger partial charge in [0.2, 0.25) is 0 Å². The average Bonchev–Trinajstić information content (AvgIpc) is 0.914. The Labute approximate surface area is 632 Å². The molecular formula is C84H164O17P2. The van der Waals surface area contributed by atoms with Gasteiger partial charge in [-0.3, -0.25) is 37.3 Å². The molecule has 0 aromatic heterocycles. The molecule has 0 heterocycles. The fourth-order valence-corrected chi connectivity index (χ4v) is 14.6. The molecule has 0 aliphatic carbocycles. The Morgan fingerprint density at radius 2 is 0.495 bits per heavy atom. The van der Waals surface area contributed by atoms with E-state index in [9.17, 15) is 43.2 Å². The van der Waals surface area contributed by atoms with E-state index >= 15 is 0 Å². The number of rotatable bonds is 82. The zero-order valence-corrected chi connectivity index (χ0v) is 69.6. The molecule has 3 N–H and O–H groups in total. The Kier molecular flexibility index (Phi) is 72.8. The molecule has 0 aliphatic heterocycles. The average molecular weight is 1510 g/mol. The molecular weight excluding hydrogens is 1340 g/mol. The van der Waals surface area contributed by atoms with Gasteiger partial charge in [-0.25, -0.2) is 9.13 Å². The number of aliphatic hydroxyl groups is 1. The van der Waals surface area contributed by atoms with E-state index in [0.717, 1.165) is 108 Å². The van der Waals surface area contributed by atoms with Crippen LogP contribution in [0.3, 0.4) is 0 Å². The Morgan fingerprint density at radius 3 is 0.738 bits per heavy atom. The van der Waals surface area contributed by atoms with Crippen molar-refractivity contribution in [2.45, 2.75) is 458 Å². The van der Waals surface area contributed by atoms with Crippen LogP contribution in [0.1, 0.15) is 440 Å². The molecule has 17 nitrogen and oxygen atoms in total. The Hall–Kier alpha value is -1.94. The first-order chi connectivity index (χ1) is 49.8. The summed E-state index contributed by atoms with van der Waals surface area (Å²) in [5.41, 5.74) is 0. The van der Waals surface area contributed by atoms with Gasteiger partial charge in [-0.15, -0.1) is 0 Å². The smallest absolute Gasteiger partial charge is 0.462 e. The monoisotopic (exact) mass is 1510 g/mol. The normalized spacial score (nSPS) is 14.2. The summed E-state index contributed by atoms with van der Waals surface area (Å²) in [4.78, 5) is 73.2. The van der Waals surface area contributed by atoms with Gasteiger partial charge in [0, 0.05) is 25.7 Å². The predicted molar refractivity (Wildman–Crippen MR) is 423 cm³/mol.